The Morgan fingerprint density at radius 3 is 3.25 bits per heavy atom. The molecule has 0 aromatic carbocycles. The number of ether oxygens (including phenoxy) is 1. The Morgan fingerprint density at radius 2 is 2.56 bits per heavy atom. The van der Waals surface area contributed by atoms with E-state index in [2.05, 4.69) is 11.4 Å². The van der Waals surface area contributed by atoms with E-state index in [0.717, 1.165) is 37.8 Å². The predicted molar refractivity (Wildman–Crippen MR) is 64.3 cm³/mol. The molecule has 1 aromatic rings. The van der Waals surface area contributed by atoms with Crippen molar-refractivity contribution in [1.29, 1.82) is 5.26 Å². The maximum Gasteiger partial charge on any atom is 0.100 e. The molecule has 2 rings (SSSR count). The quantitative estimate of drug-likeness (QED) is 0.797. The smallest absolute Gasteiger partial charge is 0.100 e. The van der Waals surface area contributed by atoms with Crippen LogP contribution in [-0.4, -0.2) is 19.8 Å². The van der Waals surface area contributed by atoms with Crippen LogP contribution in [0.25, 0.3) is 0 Å². The molecule has 1 atom stereocenters. The van der Waals surface area contributed by atoms with Crippen LogP contribution in [0.4, 0.5) is 0 Å². The molecular formula is C12H16N2OS. The van der Waals surface area contributed by atoms with Gasteiger partial charge in [-0.1, -0.05) is 0 Å². The van der Waals surface area contributed by atoms with Crippen LogP contribution in [0.5, 0.6) is 0 Å². The highest BCUT2D eigenvalue weighted by Crippen LogP contribution is 2.16. The van der Waals surface area contributed by atoms with Gasteiger partial charge in [0.2, 0.25) is 0 Å². The molecule has 1 saturated heterocycles. The molecule has 4 heteroatoms. The van der Waals surface area contributed by atoms with Gasteiger partial charge in [0.15, 0.2) is 0 Å². The van der Waals surface area contributed by atoms with Crippen molar-refractivity contribution in [3.05, 3.63) is 21.9 Å². The van der Waals surface area contributed by atoms with Crippen molar-refractivity contribution >= 4 is 11.3 Å². The first-order valence-electron chi connectivity index (χ1n) is 5.64. The fraction of sp³-hybridized carbons (Fsp3) is 0.583. The van der Waals surface area contributed by atoms with E-state index in [1.165, 1.54) is 17.7 Å². The fourth-order valence-corrected chi connectivity index (χ4v) is 2.64. The Morgan fingerprint density at radius 1 is 1.62 bits per heavy atom. The minimum Gasteiger partial charge on any atom is -0.381 e. The Bertz CT molecular complexity index is 363. The Kier molecular flexibility index (Phi) is 4.34. The van der Waals surface area contributed by atoms with Crippen LogP contribution >= 0.6 is 11.3 Å². The minimum absolute atomic E-state index is 0.741. The summed E-state index contributed by atoms with van der Waals surface area (Å²) in [4.78, 5) is 1.24. The van der Waals surface area contributed by atoms with Crippen LogP contribution in [-0.2, 0) is 11.3 Å². The van der Waals surface area contributed by atoms with E-state index in [1.807, 2.05) is 11.4 Å². The molecule has 1 aliphatic rings. The zero-order valence-electron chi connectivity index (χ0n) is 9.24. The molecule has 0 spiro atoms. The zero-order valence-corrected chi connectivity index (χ0v) is 10.1. The van der Waals surface area contributed by atoms with Crippen molar-refractivity contribution in [1.82, 2.24) is 5.32 Å². The van der Waals surface area contributed by atoms with Gasteiger partial charge in [0.05, 0.1) is 5.56 Å². The van der Waals surface area contributed by atoms with Crippen molar-refractivity contribution in [2.24, 2.45) is 5.92 Å². The fourth-order valence-electron chi connectivity index (χ4n) is 1.86. The third-order valence-electron chi connectivity index (χ3n) is 2.84. The lowest BCUT2D eigenvalue weighted by Gasteiger charge is -2.07. The number of nitriles is 1. The van der Waals surface area contributed by atoms with Crippen LogP contribution < -0.4 is 5.32 Å². The summed E-state index contributed by atoms with van der Waals surface area (Å²) in [6, 6.07) is 4.10. The van der Waals surface area contributed by atoms with E-state index in [-0.39, 0.29) is 0 Å². The summed E-state index contributed by atoms with van der Waals surface area (Å²) in [7, 11) is 0. The molecule has 0 amide bonds. The van der Waals surface area contributed by atoms with E-state index < -0.39 is 0 Å². The van der Waals surface area contributed by atoms with Crippen molar-refractivity contribution in [3.8, 4) is 6.07 Å². The second-order valence-electron chi connectivity index (χ2n) is 4.11. The highest BCUT2D eigenvalue weighted by molar-refractivity contribution is 7.10. The molecule has 0 saturated carbocycles. The van der Waals surface area contributed by atoms with Crippen LogP contribution in [0, 0.1) is 17.2 Å². The second kappa shape index (κ2) is 6.00. The van der Waals surface area contributed by atoms with Gasteiger partial charge in [0, 0.05) is 30.0 Å². The Balaban J connectivity index is 1.62. The van der Waals surface area contributed by atoms with E-state index in [1.54, 1.807) is 11.3 Å². The SMILES string of the molecule is N#Cc1csc(CNCCC2CCOC2)c1. The predicted octanol–water partition coefficient (Wildman–Crippen LogP) is 2.14. The maximum atomic E-state index is 8.69. The van der Waals surface area contributed by atoms with E-state index in [0.29, 0.717) is 0 Å². The maximum absolute atomic E-state index is 8.69. The van der Waals surface area contributed by atoms with Crippen molar-refractivity contribution < 1.29 is 4.74 Å². The van der Waals surface area contributed by atoms with Gasteiger partial charge in [-0.2, -0.15) is 5.26 Å². The number of nitrogens with zero attached hydrogens (tertiary/aromatic N) is 1. The van der Waals surface area contributed by atoms with Gasteiger partial charge >= 0.3 is 0 Å². The van der Waals surface area contributed by atoms with Crippen molar-refractivity contribution in [3.63, 3.8) is 0 Å². The van der Waals surface area contributed by atoms with Gasteiger partial charge < -0.3 is 10.1 Å². The van der Waals surface area contributed by atoms with E-state index in [9.17, 15) is 0 Å². The van der Waals surface area contributed by atoms with E-state index in [4.69, 9.17) is 10.00 Å². The molecular weight excluding hydrogens is 220 g/mol. The molecule has 1 N–H and O–H groups in total. The van der Waals surface area contributed by atoms with Gasteiger partial charge in [-0.25, -0.2) is 0 Å². The highest BCUT2D eigenvalue weighted by atomic mass is 32.1. The Hall–Kier alpha value is -0.890. The third-order valence-corrected chi connectivity index (χ3v) is 3.77. The van der Waals surface area contributed by atoms with Gasteiger partial charge in [-0.3, -0.25) is 0 Å². The lowest BCUT2D eigenvalue weighted by atomic mass is 10.1. The normalized spacial score (nSPS) is 19.8. The molecule has 1 aromatic heterocycles. The number of nitrogens with one attached hydrogen (secondary N) is 1. The molecule has 86 valence electrons. The molecule has 0 radical (unpaired) electrons. The summed E-state index contributed by atoms with van der Waals surface area (Å²) in [5.74, 6) is 0.741. The number of thiophene rings is 1. The first kappa shape index (κ1) is 11.6. The molecule has 3 nitrogen and oxygen atoms in total. The van der Waals surface area contributed by atoms with E-state index >= 15 is 0 Å². The summed E-state index contributed by atoms with van der Waals surface area (Å²) in [5, 5.41) is 14.0. The monoisotopic (exact) mass is 236 g/mol. The number of rotatable bonds is 5. The third kappa shape index (κ3) is 3.31. The first-order chi connectivity index (χ1) is 7.88. The summed E-state index contributed by atoms with van der Waals surface area (Å²) in [5.41, 5.74) is 0.769. The van der Waals surface area contributed by atoms with Crippen LogP contribution in [0.15, 0.2) is 11.4 Å². The molecule has 16 heavy (non-hydrogen) atoms. The summed E-state index contributed by atoms with van der Waals surface area (Å²) < 4.78 is 5.33. The lowest BCUT2D eigenvalue weighted by molar-refractivity contribution is 0.184. The van der Waals surface area contributed by atoms with Crippen LogP contribution in [0.2, 0.25) is 0 Å². The van der Waals surface area contributed by atoms with Crippen LogP contribution in [0.3, 0.4) is 0 Å². The second-order valence-corrected chi connectivity index (χ2v) is 5.10. The first-order valence-corrected chi connectivity index (χ1v) is 6.52. The molecule has 1 aliphatic heterocycles. The summed E-state index contributed by atoms with van der Waals surface area (Å²) in [6.45, 7) is 3.77. The van der Waals surface area contributed by atoms with Gasteiger partial charge in [-0.05, 0) is 31.4 Å². The lowest BCUT2D eigenvalue weighted by Crippen LogP contribution is -2.17. The van der Waals surface area contributed by atoms with Crippen molar-refractivity contribution in [2.45, 2.75) is 19.4 Å². The zero-order chi connectivity index (χ0) is 11.2. The molecule has 0 bridgehead atoms. The minimum atomic E-state index is 0.741. The molecule has 2 heterocycles. The van der Waals surface area contributed by atoms with Crippen molar-refractivity contribution in [2.75, 3.05) is 19.8 Å². The van der Waals surface area contributed by atoms with Gasteiger partial charge in [-0.15, -0.1) is 11.3 Å². The van der Waals surface area contributed by atoms with Gasteiger partial charge in [0.25, 0.3) is 0 Å². The average molecular weight is 236 g/mol. The average Bonchev–Trinajstić information content (AvgIpc) is 2.95. The van der Waals surface area contributed by atoms with Crippen LogP contribution in [0.1, 0.15) is 23.3 Å². The molecule has 0 aliphatic carbocycles. The largest absolute Gasteiger partial charge is 0.381 e. The molecule has 1 unspecified atom stereocenters. The molecule has 1 fully saturated rings. The Labute approximate surface area is 100 Å². The summed E-state index contributed by atoms with van der Waals surface area (Å²) in [6.07, 6.45) is 2.40. The number of hydrogen-bond acceptors (Lipinski definition) is 4. The summed E-state index contributed by atoms with van der Waals surface area (Å²) >= 11 is 1.65. The number of hydrogen-bond donors (Lipinski definition) is 1. The standard InChI is InChI=1S/C12H16N2OS/c13-6-11-5-12(16-9-11)7-14-3-1-10-2-4-15-8-10/h5,9-10,14H,1-4,7-8H2. The van der Waals surface area contributed by atoms with Gasteiger partial charge in [0.1, 0.15) is 6.07 Å². The topological polar surface area (TPSA) is 45.0 Å². The highest BCUT2D eigenvalue weighted by Gasteiger charge is 2.14.